The molecule has 1 saturated carbocycles. The monoisotopic (exact) mass is 327 g/mol. The molecule has 2 aliphatic rings. The Labute approximate surface area is 121 Å². The van der Waals surface area contributed by atoms with Gasteiger partial charge >= 0.3 is 0 Å². The Kier molecular flexibility index (Phi) is 3.35. The average Bonchev–Trinajstić information content (AvgIpc) is 2.85. The van der Waals surface area contributed by atoms with E-state index in [1.807, 2.05) is 6.07 Å². The van der Waals surface area contributed by atoms with Crippen LogP contribution in [0, 0.1) is 0 Å². The summed E-state index contributed by atoms with van der Waals surface area (Å²) >= 11 is 3.54. The smallest absolute Gasteiger partial charge is 0.170 e. The second kappa shape index (κ2) is 4.87. The van der Waals surface area contributed by atoms with E-state index in [9.17, 15) is 0 Å². The van der Waals surface area contributed by atoms with Crippen LogP contribution in [0.15, 0.2) is 10.5 Å². The van der Waals surface area contributed by atoms with Crippen LogP contribution in [0.1, 0.15) is 31.2 Å². The molecule has 1 heterocycles. The molecule has 1 aliphatic heterocycles. The lowest BCUT2D eigenvalue weighted by molar-refractivity contribution is 0.165. The van der Waals surface area contributed by atoms with Crippen LogP contribution in [-0.4, -0.2) is 20.3 Å². The summed E-state index contributed by atoms with van der Waals surface area (Å²) in [5, 5.41) is 0. The quantitative estimate of drug-likeness (QED) is 0.907. The number of hydrogen-bond acceptors (Lipinski definition) is 4. The maximum absolute atomic E-state index is 6.61. The minimum Gasteiger partial charge on any atom is -0.495 e. The third kappa shape index (κ3) is 2.09. The highest BCUT2D eigenvalue weighted by Crippen LogP contribution is 2.52. The second-order valence-electron chi connectivity index (χ2n) is 5.15. The third-order valence-corrected chi connectivity index (χ3v) is 4.53. The summed E-state index contributed by atoms with van der Waals surface area (Å²) in [4.78, 5) is 0. The van der Waals surface area contributed by atoms with E-state index < -0.39 is 0 Å². The van der Waals surface area contributed by atoms with E-state index in [1.54, 1.807) is 7.11 Å². The number of ether oxygens (including phenoxy) is 3. The van der Waals surface area contributed by atoms with Crippen molar-refractivity contribution in [1.29, 1.82) is 0 Å². The highest BCUT2D eigenvalue weighted by Gasteiger charge is 2.39. The van der Waals surface area contributed by atoms with E-state index >= 15 is 0 Å². The maximum Gasteiger partial charge on any atom is 0.170 e. The molecule has 0 unspecified atom stereocenters. The number of halogens is 1. The molecule has 2 N–H and O–H groups in total. The molecule has 0 radical (unpaired) electrons. The van der Waals surface area contributed by atoms with Gasteiger partial charge in [-0.05, 0) is 28.8 Å². The molecule has 0 saturated heterocycles. The highest BCUT2D eigenvalue weighted by molar-refractivity contribution is 9.10. The summed E-state index contributed by atoms with van der Waals surface area (Å²) in [5.41, 5.74) is 7.19. The fourth-order valence-corrected chi connectivity index (χ4v) is 3.61. The van der Waals surface area contributed by atoms with Crippen LogP contribution in [0.2, 0.25) is 0 Å². The van der Waals surface area contributed by atoms with Crippen molar-refractivity contribution in [1.82, 2.24) is 0 Å². The summed E-state index contributed by atoms with van der Waals surface area (Å²) in [6.45, 7) is 1.13. The first-order chi connectivity index (χ1) is 9.15. The van der Waals surface area contributed by atoms with Gasteiger partial charge in [0, 0.05) is 11.6 Å². The molecule has 4 nitrogen and oxygen atoms in total. The van der Waals surface area contributed by atoms with Crippen molar-refractivity contribution in [3.8, 4) is 17.2 Å². The van der Waals surface area contributed by atoms with Gasteiger partial charge in [-0.25, -0.2) is 0 Å². The number of hydrogen-bond donors (Lipinski definition) is 1. The Morgan fingerprint density at radius 1 is 1.26 bits per heavy atom. The first kappa shape index (κ1) is 13.1. The van der Waals surface area contributed by atoms with Crippen LogP contribution in [0.3, 0.4) is 0 Å². The van der Waals surface area contributed by atoms with Gasteiger partial charge in [-0.15, -0.1) is 0 Å². The zero-order chi connectivity index (χ0) is 13.5. The molecule has 19 heavy (non-hydrogen) atoms. The molecule has 1 fully saturated rings. The van der Waals surface area contributed by atoms with Gasteiger partial charge in [0.25, 0.3) is 0 Å². The van der Waals surface area contributed by atoms with Crippen molar-refractivity contribution in [2.24, 2.45) is 5.73 Å². The minimum atomic E-state index is -0.375. The zero-order valence-electron chi connectivity index (χ0n) is 11.0. The summed E-state index contributed by atoms with van der Waals surface area (Å²) in [7, 11) is 1.66. The van der Waals surface area contributed by atoms with Gasteiger partial charge in [-0.3, -0.25) is 0 Å². The van der Waals surface area contributed by atoms with Gasteiger partial charge in [0.2, 0.25) is 0 Å². The molecule has 0 amide bonds. The number of benzene rings is 1. The normalized spacial score (nSPS) is 20.4. The summed E-state index contributed by atoms with van der Waals surface area (Å²) in [6.07, 6.45) is 4.19. The van der Waals surface area contributed by atoms with Gasteiger partial charge in [0.15, 0.2) is 11.5 Å². The predicted octanol–water partition coefficient (Wildman–Crippen LogP) is 2.96. The predicted molar refractivity (Wildman–Crippen MR) is 76.0 cm³/mol. The van der Waals surface area contributed by atoms with Crippen molar-refractivity contribution >= 4 is 15.9 Å². The molecular weight excluding hydrogens is 310 g/mol. The molecule has 104 valence electrons. The summed E-state index contributed by atoms with van der Waals surface area (Å²) in [5.74, 6) is 2.29. The van der Waals surface area contributed by atoms with Crippen molar-refractivity contribution in [3.63, 3.8) is 0 Å². The molecule has 1 aromatic rings. The molecule has 0 bridgehead atoms. The molecule has 3 rings (SSSR count). The van der Waals surface area contributed by atoms with Crippen molar-refractivity contribution in [3.05, 3.63) is 16.1 Å². The van der Waals surface area contributed by atoms with Crippen LogP contribution in [0.4, 0.5) is 0 Å². The van der Waals surface area contributed by atoms with E-state index in [0.29, 0.717) is 13.2 Å². The number of rotatable bonds is 2. The van der Waals surface area contributed by atoms with Crippen LogP contribution in [-0.2, 0) is 5.54 Å². The van der Waals surface area contributed by atoms with Crippen LogP contribution in [0.5, 0.6) is 17.2 Å². The Bertz CT molecular complexity index is 498. The fraction of sp³-hybridized carbons (Fsp3) is 0.571. The van der Waals surface area contributed by atoms with Crippen molar-refractivity contribution < 1.29 is 14.2 Å². The van der Waals surface area contributed by atoms with Gasteiger partial charge in [-0.2, -0.15) is 0 Å². The topological polar surface area (TPSA) is 53.7 Å². The molecule has 0 aromatic heterocycles. The highest BCUT2D eigenvalue weighted by atomic mass is 79.9. The average molecular weight is 328 g/mol. The van der Waals surface area contributed by atoms with E-state index in [2.05, 4.69) is 15.9 Å². The van der Waals surface area contributed by atoms with E-state index in [-0.39, 0.29) is 5.54 Å². The maximum atomic E-state index is 6.61. The summed E-state index contributed by atoms with van der Waals surface area (Å²) < 4.78 is 17.9. The van der Waals surface area contributed by atoms with Crippen LogP contribution >= 0.6 is 15.9 Å². The largest absolute Gasteiger partial charge is 0.495 e. The molecular formula is C14H18BrNO3. The summed E-state index contributed by atoms with van der Waals surface area (Å²) in [6, 6.07) is 1.90. The first-order valence-electron chi connectivity index (χ1n) is 6.61. The van der Waals surface area contributed by atoms with Gasteiger partial charge < -0.3 is 19.9 Å². The van der Waals surface area contributed by atoms with Gasteiger partial charge in [-0.1, -0.05) is 12.8 Å². The molecule has 5 heteroatoms. The van der Waals surface area contributed by atoms with Crippen LogP contribution in [0.25, 0.3) is 0 Å². The van der Waals surface area contributed by atoms with Crippen molar-refractivity contribution in [2.75, 3.05) is 20.3 Å². The molecule has 0 spiro atoms. The standard InChI is InChI=1S/C14H18BrNO3/c1-17-12-9(15)8-10-13(19-7-6-18-10)11(12)14(16)4-2-3-5-14/h8H,2-7,16H2,1H3. The SMILES string of the molecule is COc1c(Br)cc2c(c1C1(N)CCCC1)OCCO2. The Hall–Kier alpha value is -0.940. The Balaban J connectivity index is 2.21. The van der Waals surface area contributed by atoms with Gasteiger partial charge in [0.05, 0.1) is 17.1 Å². The lowest BCUT2D eigenvalue weighted by atomic mass is 9.87. The van der Waals surface area contributed by atoms with Crippen LogP contribution < -0.4 is 19.9 Å². The number of fused-ring (bicyclic) bond motifs is 1. The molecule has 1 aliphatic carbocycles. The van der Waals surface area contributed by atoms with Gasteiger partial charge in [0.1, 0.15) is 19.0 Å². The number of methoxy groups -OCH3 is 1. The Morgan fingerprint density at radius 3 is 2.63 bits per heavy atom. The zero-order valence-corrected chi connectivity index (χ0v) is 12.6. The third-order valence-electron chi connectivity index (χ3n) is 3.94. The van der Waals surface area contributed by atoms with E-state index in [1.165, 1.54) is 0 Å². The second-order valence-corrected chi connectivity index (χ2v) is 6.01. The minimum absolute atomic E-state index is 0.375. The van der Waals surface area contributed by atoms with E-state index in [4.69, 9.17) is 19.9 Å². The lowest BCUT2D eigenvalue weighted by Crippen LogP contribution is -2.35. The molecule has 0 atom stereocenters. The molecule has 1 aromatic carbocycles. The fourth-order valence-electron chi connectivity index (χ4n) is 3.05. The first-order valence-corrected chi connectivity index (χ1v) is 7.40. The van der Waals surface area contributed by atoms with E-state index in [0.717, 1.165) is 53.0 Å². The lowest BCUT2D eigenvalue weighted by Gasteiger charge is -2.32. The Morgan fingerprint density at radius 2 is 1.95 bits per heavy atom. The number of nitrogens with two attached hydrogens (primary N) is 1. The van der Waals surface area contributed by atoms with Crippen molar-refractivity contribution in [2.45, 2.75) is 31.2 Å².